The average molecular weight is 659 g/mol. The molecular weight excluding hydrogens is 623 g/mol. The summed E-state index contributed by atoms with van der Waals surface area (Å²) in [5, 5.41) is 18.9. The van der Waals surface area contributed by atoms with Crippen LogP contribution >= 0.6 is 19.1 Å². The lowest BCUT2D eigenvalue weighted by atomic mass is 9.86. The van der Waals surface area contributed by atoms with Gasteiger partial charge in [-0.2, -0.15) is 16.4 Å². The van der Waals surface area contributed by atoms with E-state index in [1.807, 2.05) is 27.6 Å². The van der Waals surface area contributed by atoms with Crippen molar-refractivity contribution in [3.8, 4) is 22.8 Å². The number of nitrogens with zero attached hydrogens (tertiary/aromatic N) is 3. The van der Waals surface area contributed by atoms with Crippen LogP contribution in [-0.2, 0) is 28.1 Å². The second kappa shape index (κ2) is 12.8. The molecular formula is C30H35N4O9PS. The van der Waals surface area contributed by atoms with E-state index in [9.17, 15) is 14.5 Å². The fraction of sp³-hybridized carbons (Fsp3) is 0.433. The van der Waals surface area contributed by atoms with Crippen molar-refractivity contribution < 1.29 is 42.5 Å². The highest BCUT2D eigenvalue weighted by Gasteiger charge is 2.62. The van der Waals surface area contributed by atoms with Crippen LogP contribution in [0.5, 0.6) is 11.6 Å². The van der Waals surface area contributed by atoms with Crippen molar-refractivity contribution in [3.05, 3.63) is 59.7 Å². The first-order valence-electron chi connectivity index (χ1n) is 14.5. The van der Waals surface area contributed by atoms with Crippen LogP contribution < -0.4 is 14.3 Å². The molecule has 2 saturated heterocycles. The Labute approximate surface area is 264 Å². The van der Waals surface area contributed by atoms with E-state index < -0.39 is 43.8 Å². The van der Waals surface area contributed by atoms with Crippen LogP contribution in [0.1, 0.15) is 33.4 Å². The molecule has 240 valence electrons. The molecule has 3 aromatic heterocycles. The summed E-state index contributed by atoms with van der Waals surface area (Å²) in [5.41, 5.74) is 1.21. The van der Waals surface area contributed by atoms with Crippen molar-refractivity contribution in [2.45, 2.75) is 63.4 Å². The first-order valence-corrected chi connectivity index (χ1v) is 17.0. The number of carbonyl (C=O) groups is 1. The van der Waals surface area contributed by atoms with Gasteiger partial charge in [0, 0.05) is 18.2 Å². The Morgan fingerprint density at radius 3 is 2.67 bits per heavy atom. The van der Waals surface area contributed by atoms with Gasteiger partial charge in [-0.15, -0.1) is 0 Å². The molecule has 0 bridgehead atoms. The Morgan fingerprint density at radius 1 is 1.24 bits per heavy atom. The number of aliphatic hydroxyl groups excluding tert-OH is 1. The summed E-state index contributed by atoms with van der Waals surface area (Å²) in [4.78, 5) is 21.4. The number of hydrogen-bond donors (Lipinski definition) is 2. The van der Waals surface area contributed by atoms with Gasteiger partial charge in [0.15, 0.2) is 6.23 Å². The van der Waals surface area contributed by atoms with E-state index in [1.54, 1.807) is 62.6 Å². The predicted octanol–water partition coefficient (Wildman–Crippen LogP) is 4.72. The number of aliphatic hydroxyl groups is 1. The molecule has 1 unspecified atom stereocenters. The van der Waals surface area contributed by atoms with Gasteiger partial charge in [-0.1, -0.05) is 18.2 Å². The van der Waals surface area contributed by atoms with E-state index in [1.165, 1.54) is 13.3 Å². The van der Waals surface area contributed by atoms with Crippen LogP contribution in [-0.4, -0.2) is 75.9 Å². The smallest absolute Gasteiger partial charge is 0.459 e. The predicted molar refractivity (Wildman–Crippen MR) is 165 cm³/mol. The zero-order valence-electron chi connectivity index (χ0n) is 25.2. The molecule has 0 saturated carbocycles. The Bertz CT molecular complexity index is 1680. The van der Waals surface area contributed by atoms with Crippen LogP contribution in [0.4, 0.5) is 0 Å². The Morgan fingerprint density at radius 2 is 2.02 bits per heavy atom. The van der Waals surface area contributed by atoms with Crippen molar-refractivity contribution in [3.63, 3.8) is 0 Å². The molecule has 2 N–H and O–H groups in total. The van der Waals surface area contributed by atoms with Crippen molar-refractivity contribution in [1.29, 1.82) is 0 Å². The fourth-order valence-electron chi connectivity index (χ4n) is 5.55. The number of ether oxygens (including phenoxy) is 4. The van der Waals surface area contributed by atoms with Gasteiger partial charge in [0.2, 0.25) is 5.88 Å². The number of methoxy groups -OCH3 is 1. The molecule has 1 aromatic carbocycles. The third-order valence-corrected chi connectivity index (χ3v) is 10.1. The highest BCUT2D eigenvalue weighted by atomic mass is 32.1. The molecule has 45 heavy (non-hydrogen) atoms. The molecule has 2 aliphatic rings. The maximum atomic E-state index is 14.1. The maximum Gasteiger partial charge on any atom is 0.459 e. The van der Waals surface area contributed by atoms with Crippen LogP contribution in [0.3, 0.4) is 0 Å². The number of carbonyl (C=O) groups excluding carboxylic acids is 1. The van der Waals surface area contributed by atoms with Crippen molar-refractivity contribution in [2.75, 3.05) is 20.3 Å². The van der Waals surface area contributed by atoms with Crippen LogP contribution in [0, 0.1) is 0 Å². The standard InChI is InChI=1S/C30H35N4O9PS/c1-18(2)41-28(36)19(3)33-44(37,43-21-8-6-5-7-9-21)40-15-23-25(35)30(11-12-39-30)29(42-23)34-14-22(20-10-13-45-16-20)24-26(34)31-17-32-27(24)38-4/h5-10,13-14,16-19,23,25,29,35H,11-12,15H2,1-4H3,(H,33,37)/t19-,23+,25+,29+,30+,44?/m0/s1. The van der Waals surface area contributed by atoms with Gasteiger partial charge in [-0.25, -0.2) is 14.5 Å². The molecule has 1 spiro atoms. The second-order valence-corrected chi connectivity index (χ2v) is 13.6. The minimum absolute atomic E-state index is 0.260. The van der Waals surface area contributed by atoms with E-state index >= 15 is 0 Å². The summed E-state index contributed by atoms with van der Waals surface area (Å²) in [5.74, 6) is 0.0377. The number of para-hydroxylation sites is 1. The summed E-state index contributed by atoms with van der Waals surface area (Å²) in [6, 6.07) is 9.40. The summed E-state index contributed by atoms with van der Waals surface area (Å²) >= 11 is 1.56. The van der Waals surface area contributed by atoms with Gasteiger partial charge >= 0.3 is 13.7 Å². The highest BCUT2D eigenvalue weighted by Crippen LogP contribution is 2.52. The van der Waals surface area contributed by atoms with Crippen LogP contribution in [0.25, 0.3) is 22.2 Å². The molecule has 2 aliphatic heterocycles. The number of nitrogens with one attached hydrogen (secondary N) is 1. The zero-order chi connectivity index (χ0) is 31.8. The molecule has 4 aromatic rings. The summed E-state index contributed by atoms with van der Waals surface area (Å²) < 4.78 is 50.9. The Balaban J connectivity index is 1.29. The minimum atomic E-state index is -4.20. The topological polar surface area (TPSA) is 152 Å². The molecule has 0 amide bonds. The van der Waals surface area contributed by atoms with Crippen molar-refractivity contribution in [1.82, 2.24) is 19.6 Å². The number of aromatic nitrogens is 3. The molecule has 5 heterocycles. The molecule has 15 heteroatoms. The van der Waals surface area contributed by atoms with Crippen LogP contribution in [0.2, 0.25) is 0 Å². The van der Waals surface area contributed by atoms with Gasteiger partial charge in [-0.05, 0) is 55.3 Å². The molecule has 2 fully saturated rings. The maximum absolute atomic E-state index is 14.1. The highest BCUT2D eigenvalue weighted by molar-refractivity contribution is 7.52. The Kier molecular flexibility index (Phi) is 8.99. The summed E-state index contributed by atoms with van der Waals surface area (Å²) in [6.07, 6.45) is 0.477. The number of rotatable bonds is 12. The van der Waals surface area contributed by atoms with E-state index in [-0.39, 0.29) is 18.5 Å². The summed E-state index contributed by atoms with van der Waals surface area (Å²) in [7, 11) is -2.66. The molecule has 13 nitrogen and oxygen atoms in total. The molecule has 6 atom stereocenters. The third-order valence-electron chi connectivity index (χ3n) is 7.73. The van der Waals surface area contributed by atoms with Gasteiger partial charge < -0.3 is 33.1 Å². The zero-order valence-corrected chi connectivity index (χ0v) is 26.9. The molecule has 0 aliphatic carbocycles. The lowest BCUT2D eigenvalue weighted by Gasteiger charge is -2.44. The average Bonchev–Trinajstić information content (AvgIpc) is 3.72. The number of thiophene rings is 1. The quantitative estimate of drug-likeness (QED) is 0.160. The largest absolute Gasteiger partial charge is 0.480 e. The number of hydrogen-bond acceptors (Lipinski definition) is 12. The second-order valence-electron chi connectivity index (χ2n) is 11.1. The van der Waals surface area contributed by atoms with E-state index in [0.717, 1.165) is 11.1 Å². The monoisotopic (exact) mass is 658 g/mol. The van der Waals surface area contributed by atoms with Gasteiger partial charge in [0.1, 0.15) is 41.6 Å². The summed E-state index contributed by atoms with van der Waals surface area (Å²) in [6.45, 7) is 5.01. The van der Waals surface area contributed by atoms with Crippen molar-refractivity contribution in [2.24, 2.45) is 0 Å². The van der Waals surface area contributed by atoms with E-state index in [4.69, 9.17) is 28.0 Å². The molecule has 0 radical (unpaired) electrons. The first-order chi connectivity index (χ1) is 21.6. The number of benzene rings is 1. The van der Waals surface area contributed by atoms with E-state index in [0.29, 0.717) is 29.9 Å². The van der Waals surface area contributed by atoms with Gasteiger partial charge in [0.25, 0.3) is 0 Å². The van der Waals surface area contributed by atoms with Crippen molar-refractivity contribution >= 4 is 36.1 Å². The SMILES string of the molecule is COc1ncnc2c1c(-c1ccsc1)cn2[C@@H]1O[C@H](COP(=O)(N[C@@H](C)C(=O)OC(C)C)Oc2ccccc2)[C@@H](O)[C@]12CCO2. The first kappa shape index (κ1) is 31.6. The fourth-order valence-corrected chi connectivity index (χ4v) is 7.70. The van der Waals surface area contributed by atoms with Gasteiger partial charge in [-0.3, -0.25) is 9.32 Å². The lowest BCUT2D eigenvalue weighted by Crippen LogP contribution is -2.56. The molecule has 6 rings (SSSR count). The number of fused-ring (bicyclic) bond motifs is 1. The third kappa shape index (κ3) is 6.11. The normalized spacial score (nSPS) is 24.8. The van der Waals surface area contributed by atoms with Crippen LogP contribution in [0.15, 0.2) is 59.7 Å². The number of esters is 1. The lowest BCUT2D eigenvalue weighted by molar-refractivity contribution is -0.225. The van der Waals surface area contributed by atoms with Gasteiger partial charge in [0.05, 0.1) is 31.8 Å². The Hall–Kier alpha value is -3.36. The minimum Gasteiger partial charge on any atom is -0.480 e. The van der Waals surface area contributed by atoms with E-state index in [2.05, 4.69) is 15.1 Å².